The van der Waals surface area contributed by atoms with Gasteiger partial charge in [-0.15, -0.1) is 0 Å². The molecule has 0 aliphatic heterocycles. The molecule has 0 spiro atoms. The molecule has 6 heteroatoms. The molecule has 0 aromatic carbocycles. The second-order valence-electron chi connectivity index (χ2n) is 0.611. The van der Waals surface area contributed by atoms with E-state index in [9.17, 15) is 8.42 Å². The van der Waals surface area contributed by atoms with Crippen LogP contribution in [0.2, 0.25) is 0 Å². The smallest absolute Gasteiger partial charge is 0.325 e. The monoisotopic (exact) mass is 127 g/mol. The summed E-state index contributed by atoms with van der Waals surface area (Å²) in [5, 5.41) is 0. The van der Waals surface area contributed by atoms with Gasteiger partial charge in [-0.05, 0) is 0 Å². The highest BCUT2D eigenvalue weighted by Crippen LogP contribution is 1.64. The van der Waals surface area contributed by atoms with Crippen LogP contribution in [0.4, 0.5) is 0 Å². The van der Waals surface area contributed by atoms with E-state index < -0.39 is 15.7 Å². The number of carbonyl (C=O) groups is 1. The molecule has 0 saturated carbocycles. The Morgan fingerprint density at radius 3 is 1.57 bits per heavy atom. The lowest BCUT2D eigenvalue weighted by Gasteiger charge is -1.68. The zero-order valence-corrected chi connectivity index (χ0v) is 4.18. The Bertz CT molecular complexity index is 122. The highest BCUT2D eigenvalue weighted by atomic mass is 32.2. The van der Waals surface area contributed by atoms with Crippen molar-refractivity contribution in [3.8, 4) is 0 Å². The predicted molar refractivity (Wildman–Crippen MR) is 23.3 cm³/mol. The minimum absolute atomic E-state index is 0. The van der Waals surface area contributed by atoms with Crippen LogP contribution in [-0.4, -0.2) is 18.6 Å². The summed E-state index contributed by atoms with van der Waals surface area (Å²) in [5.41, 5.74) is -0.535. The van der Waals surface area contributed by atoms with Gasteiger partial charge in [0, 0.05) is 0 Å². The SMILES string of the molecule is N.O=CS(=O)(=O)O. The Kier molecular flexibility index (Phi) is 3.71. The van der Waals surface area contributed by atoms with Gasteiger partial charge < -0.3 is 6.15 Å². The second-order valence-corrected chi connectivity index (χ2v) is 1.83. The van der Waals surface area contributed by atoms with Crippen molar-refractivity contribution in [1.82, 2.24) is 6.15 Å². The van der Waals surface area contributed by atoms with Crippen molar-refractivity contribution in [2.24, 2.45) is 0 Å². The maximum Gasteiger partial charge on any atom is 0.325 e. The fourth-order valence-corrected chi connectivity index (χ4v) is 0. The van der Waals surface area contributed by atoms with Gasteiger partial charge in [0.25, 0.3) is 5.62 Å². The van der Waals surface area contributed by atoms with E-state index in [0.717, 1.165) is 0 Å². The third kappa shape index (κ3) is 10.8. The van der Waals surface area contributed by atoms with Gasteiger partial charge in [-0.2, -0.15) is 8.42 Å². The number of hydrogen-bond acceptors (Lipinski definition) is 4. The first-order valence-corrected chi connectivity index (χ1v) is 2.49. The molecule has 0 unspecified atom stereocenters. The van der Waals surface area contributed by atoms with Crippen LogP contribution in [0.3, 0.4) is 0 Å². The Balaban J connectivity index is 0. The summed E-state index contributed by atoms with van der Waals surface area (Å²) in [4.78, 5) is 8.99. The number of hydrogen-bond donors (Lipinski definition) is 2. The molecule has 0 heterocycles. The molecule has 0 aromatic heterocycles. The van der Waals surface area contributed by atoms with Gasteiger partial charge in [-0.25, -0.2) is 0 Å². The van der Waals surface area contributed by atoms with Crippen LogP contribution in [0.5, 0.6) is 0 Å². The van der Waals surface area contributed by atoms with Gasteiger partial charge in [-0.1, -0.05) is 0 Å². The topological polar surface area (TPSA) is 106 Å². The Hall–Kier alpha value is -0.460. The summed E-state index contributed by atoms with van der Waals surface area (Å²) < 4.78 is 25.8. The summed E-state index contributed by atoms with van der Waals surface area (Å²) in [6, 6.07) is 0. The van der Waals surface area contributed by atoms with Crippen molar-refractivity contribution in [3.63, 3.8) is 0 Å². The molecule has 0 fully saturated rings. The van der Waals surface area contributed by atoms with E-state index in [1.807, 2.05) is 0 Å². The molecule has 0 aliphatic carbocycles. The molecule has 0 atom stereocenters. The quantitative estimate of drug-likeness (QED) is 0.355. The zero-order valence-electron chi connectivity index (χ0n) is 3.36. The van der Waals surface area contributed by atoms with Gasteiger partial charge >= 0.3 is 10.1 Å². The third-order valence-electron chi connectivity index (χ3n) is 0.122. The first kappa shape index (κ1) is 9.74. The van der Waals surface area contributed by atoms with Crippen LogP contribution < -0.4 is 6.15 Å². The van der Waals surface area contributed by atoms with Crippen LogP contribution in [0.1, 0.15) is 0 Å². The molecule has 44 valence electrons. The number of carbonyl (C=O) groups excluding carboxylic acids is 1. The predicted octanol–water partition coefficient (Wildman–Crippen LogP) is -0.774. The van der Waals surface area contributed by atoms with Crippen LogP contribution >= 0.6 is 0 Å². The minimum atomic E-state index is -4.34. The normalized spacial score (nSPS) is 9.29. The lowest BCUT2D eigenvalue weighted by molar-refractivity contribution is 0.487. The molecule has 0 amide bonds. The van der Waals surface area contributed by atoms with Gasteiger partial charge in [0.15, 0.2) is 0 Å². The largest absolute Gasteiger partial charge is 0.344 e. The molecular formula is CH5NO4S. The zero-order chi connectivity index (χ0) is 5.21. The van der Waals surface area contributed by atoms with Crippen molar-refractivity contribution < 1.29 is 17.8 Å². The Morgan fingerprint density at radius 2 is 1.57 bits per heavy atom. The van der Waals surface area contributed by atoms with Crippen molar-refractivity contribution in [1.29, 1.82) is 0 Å². The first-order valence-electron chi connectivity index (χ1n) is 0.987. The molecule has 7 heavy (non-hydrogen) atoms. The Labute approximate surface area is 40.7 Å². The van der Waals surface area contributed by atoms with Crippen LogP contribution in [-0.2, 0) is 14.9 Å². The standard InChI is InChI=1S/CH2O4S.H3N/c2-1-6(3,4)5;/h1H,(H,3,4,5);1H3. The van der Waals surface area contributed by atoms with Gasteiger partial charge in [0.05, 0.1) is 0 Å². The number of rotatable bonds is 1. The minimum Gasteiger partial charge on any atom is -0.344 e. The molecule has 4 N–H and O–H groups in total. The van der Waals surface area contributed by atoms with Gasteiger partial charge in [-0.3, -0.25) is 9.35 Å². The highest BCUT2D eigenvalue weighted by Gasteiger charge is 1.94. The summed E-state index contributed by atoms with van der Waals surface area (Å²) in [6.07, 6.45) is 0. The van der Waals surface area contributed by atoms with E-state index in [1.54, 1.807) is 0 Å². The maximum atomic E-state index is 9.19. The molecule has 0 radical (unpaired) electrons. The fraction of sp³-hybridized carbons (Fsp3) is 0. The van der Waals surface area contributed by atoms with E-state index in [0.29, 0.717) is 0 Å². The first-order chi connectivity index (χ1) is 2.56. The van der Waals surface area contributed by atoms with Crippen molar-refractivity contribution >= 4 is 15.7 Å². The van der Waals surface area contributed by atoms with Gasteiger partial charge in [0.1, 0.15) is 0 Å². The van der Waals surface area contributed by atoms with Crippen molar-refractivity contribution in [2.45, 2.75) is 0 Å². The van der Waals surface area contributed by atoms with Crippen LogP contribution in [0.25, 0.3) is 0 Å². The molecule has 0 rings (SSSR count). The Morgan fingerprint density at radius 1 is 1.43 bits per heavy atom. The molecule has 0 aromatic rings. The lowest BCUT2D eigenvalue weighted by atomic mass is 11.8. The van der Waals surface area contributed by atoms with E-state index in [-0.39, 0.29) is 6.15 Å². The average molecular weight is 127 g/mol. The van der Waals surface area contributed by atoms with E-state index in [4.69, 9.17) is 9.35 Å². The van der Waals surface area contributed by atoms with Gasteiger partial charge in [0.2, 0.25) is 0 Å². The van der Waals surface area contributed by atoms with Crippen LogP contribution in [0, 0.1) is 0 Å². The van der Waals surface area contributed by atoms with E-state index in [2.05, 4.69) is 0 Å². The van der Waals surface area contributed by atoms with Crippen LogP contribution in [0.15, 0.2) is 0 Å². The molecule has 5 nitrogen and oxygen atoms in total. The lowest BCUT2D eigenvalue weighted by Crippen LogP contribution is -1.94. The van der Waals surface area contributed by atoms with Crippen molar-refractivity contribution in [2.75, 3.05) is 0 Å². The van der Waals surface area contributed by atoms with E-state index in [1.165, 1.54) is 0 Å². The molecular weight excluding hydrogens is 122 g/mol. The highest BCUT2D eigenvalue weighted by molar-refractivity contribution is 7.99. The summed E-state index contributed by atoms with van der Waals surface area (Å²) in [5.74, 6) is 0. The van der Waals surface area contributed by atoms with E-state index >= 15 is 0 Å². The molecule has 0 saturated heterocycles. The summed E-state index contributed by atoms with van der Waals surface area (Å²) in [7, 11) is -4.34. The fourth-order valence-electron chi connectivity index (χ4n) is 0. The third-order valence-corrected chi connectivity index (χ3v) is 0.365. The maximum absolute atomic E-state index is 9.19. The molecule has 0 bridgehead atoms. The van der Waals surface area contributed by atoms with Crippen molar-refractivity contribution in [3.05, 3.63) is 0 Å². The summed E-state index contributed by atoms with van der Waals surface area (Å²) >= 11 is 0. The second kappa shape index (κ2) is 2.67. The average Bonchev–Trinajstić information content (AvgIpc) is 1.35. The summed E-state index contributed by atoms with van der Waals surface area (Å²) in [6.45, 7) is 0. The molecule has 0 aliphatic rings.